The molecule has 4 nitrogen and oxygen atoms in total. The predicted octanol–water partition coefficient (Wildman–Crippen LogP) is 2.55. The molecule has 2 aromatic heterocycles. The molecule has 5 heteroatoms. The molecular formula is C12H13ClN4. The predicted molar refractivity (Wildman–Crippen MR) is 68.0 cm³/mol. The number of pyridine rings is 1. The highest BCUT2D eigenvalue weighted by atomic mass is 35.5. The molecule has 0 saturated carbocycles. The quantitative estimate of drug-likeness (QED) is 0.834. The Kier molecular flexibility index (Phi) is 3.88. The second-order valence-electron chi connectivity index (χ2n) is 3.58. The average Bonchev–Trinajstić information content (AvgIpc) is 2.38. The van der Waals surface area contributed by atoms with Crippen molar-refractivity contribution in [1.29, 1.82) is 0 Å². The summed E-state index contributed by atoms with van der Waals surface area (Å²) >= 11 is 5.72. The van der Waals surface area contributed by atoms with E-state index in [4.69, 9.17) is 11.6 Å². The Morgan fingerprint density at radius 2 is 1.88 bits per heavy atom. The van der Waals surface area contributed by atoms with E-state index in [2.05, 4.69) is 27.0 Å². The highest BCUT2D eigenvalue weighted by molar-refractivity contribution is 6.29. The normalized spacial score (nSPS) is 10.2. The lowest BCUT2D eigenvalue weighted by Crippen LogP contribution is -2.23. The van der Waals surface area contributed by atoms with Crippen LogP contribution in [0.4, 0.5) is 5.82 Å². The standard InChI is InChI=1S/C12H13ClN4/c1-2-17(9-10-5-7-14-8-6-10)12-4-3-11(13)15-16-12/h3-8H,2,9H2,1H3. The van der Waals surface area contributed by atoms with Crippen molar-refractivity contribution >= 4 is 17.4 Å². The van der Waals surface area contributed by atoms with Crippen molar-refractivity contribution in [3.63, 3.8) is 0 Å². The average molecular weight is 249 g/mol. The topological polar surface area (TPSA) is 41.9 Å². The van der Waals surface area contributed by atoms with Crippen LogP contribution in [-0.4, -0.2) is 21.7 Å². The Morgan fingerprint density at radius 1 is 1.12 bits per heavy atom. The number of hydrogen-bond acceptors (Lipinski definition) is 4. The highest BCUT2D eigenvalue weighted by Crippen LogP contribution is 2.14. The van der Waals surface area contributed by atoms with Gasteiger partial charge in [0.1, 0.15) is 0 Å². The van der Waals surface area contributed by atoms with Crippen LogP contribution in [0.25, 0.3) is 0 Å². The second-order valence-corrected chi connectivity index (χ2v) is 3.97. The number of rotatable bonds is 4. The van der Waals surface area contributed by atoms with E-state index in [1.54, 1.807) is 18.5 Å². The molecular weight excluding hydrogens is 236 g/mol. The maximum Gasteiger partial charge on any atom is 0.151 e. The van der Waals surface area contributed by atoms with Crippen LogP contribution in [0.5, 0.6) is 0 Å². The maximum absolute atomic E-state index is 5.72. The highest BCUT2D eigenvalue weighted by Gasteiger charge is 2.07. The zero-order chi connectivity index (χ0) is 12.1. The molecule has 2 aromatic rings. The lowest BCUT2D eigenvalue weighted by molar-refractivity contribution is 0.795. The number of nitrogens with zero attached hydrogens (tertiary/aromatic N) is 4. The van der Waals surface area contributed by atoms with Crippen molar-refractivity contribution in [2.75, 3.05) is 11.4 Å². The number of hydrogen-bond donors (Lipinski definition) is 0. The summed E-state index contributed by atoms with van der Waals surface area (Å²) in [6.45, 7) is 3.73. The number of anilines is 1. The Balaban J connectivity index is 2.14. The third-order valence-corrected chi connectivity index (χ3v) is 2.65. The molecule has 2 rings (SSSR count). The number of halogens is 1. The molecule has 0 aliphatic rings. The van der Waals surface area contributed by atoms with Gasteiger partial charge >= 0.3 is 0 Å². The van der Waals surface area contributed by atoms with Gasteiger partial charge in [0.15, 0.2) is 11.0 Å². The summed E-state index contributed by atoms with van der Waals surface area (Å²) < 4.78 is 0. The van der Waals surface area contributed by atoms with Gasteiger partial charge in [-0.3, -0.25) is 4.98 Å². The van der Waals surface area contributed by atoms with Crippen LogP contribution in [0, 0.1) is 0 Å². The van der Waals surface area contributed by atoms with Gasteiger partial charge in [-0.2, -0.15) is 0 Å². The largest absolute Gasteiger partial charge is 0.351 e. The summed E-state index contributed by atoms with van der Waals surface area (Å²) in [5.74, 6) is 0.828. The van der Waals surface area contributed by atoms with Gasteiger partial charge < -0.3 is 4.90 Å². The Labute approximate surface area is 105 Å². The lowest BCUT2D eigenvalue weighted by Gasteiger charge is -2.21. The molecule has 0 amide bonds. The first-order chi connectivity index (χ1) is 8.29. The van der Waals surface area contributed by atoms with Crippen molar-refractivity contribution in [2.45, 2.75) is 13.5 Å². The van der Waals surface area contributed by atoms with Crippen LogP contribution in [0.1, 0.15) is 12.5 Å². The smallest absolute Gasteiger partial charge is 0.151 e. The summed E-state index contributed by atoms with van der Waals surface area (Å²) in [6, 6.07) is 7.61. The Morgan fingerprint density at radius 3 is 2.47 bits per heavy atom. The molecule has 0 radical (unpaired) electrons. The fraction of sp³-hybridized carbons (Fsp3) is 0.250. The van der Waals surface area contributed by atoms with Gasteiger partial charge in [0, 0.05) is 25.5 Å². The number of aromatic nitrogens is 3. The van der Waals surface area contributed by atoms with Crippen molar-refractivity contribution in [3.05, 3.63) is 47.4 Å². The van der Waals surface area contributed by atoms with Crippen LogP contribution in [-0.2, 0) is 6.54 Å². The third-order valence-electron chi connectivity index (χ3n) is 2.45. The van der Waals surface area contributed by atoms with E-state index in [9.17, 15) is 0 Å². The second kappa shape index (κ2) is 5.59. The van der Waals surface area contributed by atoms with E-state index in [0.29, 0.717) is 5.15 Å². The minimum Gasteiger partial charge on any atom is -0.351 e. The van der Waals surface area contributed by atoms with Crippen LogP contribution in [0.15, 0.2) is 36.7 Å². The van der Waals surface area contributed by atoms with Crippen molar-refractivity contribution < 1.29 is 0 Å². The molecule has 0 aromatic carbocycles. The van der Waals surface area contributed by atoms with E-state index < -0.39 is 0 Å². The van der Waals surface area contributed by atoms with Crippen LogP contribution in [0.3, 0.4) is 0 Å². The van der Waals surface area contributed by atoms with Gasteiger partial charge in [-0.15, -0.1) is 10.2 Å². The molecule has 2 heterocycles. The first-order valence-corrected chi connectivity index (χ1v) is 5.80. The minimum atomic E-state index is 0.411. The van der Waals surface area contributed by atoms with E-state index in [-0.39, 0.29) is 0 Å². The molecule has 0 aliphatic heterocycles. The van der Waals surface area contributed by atoms with Crippen molar-refractivity contribution in [1.82, 2.24) is 15.2 Å². The van der Waals surface area contributed by atoms with E-state index in [0.717, 1.165) is 18.9 Å². The minimum absolute atomic E-state index is 0.411. The van der Waals surface area contributed by atoms with E-state index in [1.165, 1.54) is 5.56 Å². The van der Waals surface area contributed by atoms with Crippen molar-refractivity contribution in [2.24, 2.45) is 0 Å². The summed E-state index contributed by atoms with van der Waals surface area (Å²) in [5, 5.41) is 8.34. The fourth-order valence-electron chi connectivity index (χ4n) is 1.54. The lowest BCUT2D eigenvalue weighted by atomic mass is 10.2. The molecule has 0 N–H and O–H groups in total. The van der Waals surface area contributed by atoms with Gasteiger partial charge in [0.05, 0.1) is 0 Å². The Bertz CT molecular complexity index is 458. The molecule has 0 aliphatic carbocycles. The van der Waals surface area contributed by atoms with Crippen LogP contribution < -0.4 is 4.90 Å². The molecule has 0 bridgehead atoms. The first-order valence-electron chi connectivity index (χ1n) is 5.42. The van der Waals surface area contributed by atoms with E-state index in [1.807, 2.05) is 18.2 Å². The van der Waals surface area contributed by atoms with Gasteiger partial charge in [0.25, 0.3) is 0 Å². The SMILES string of the molecule is CCN(Cc1ccncc1)c1ccc(Cl)nn1. The zero-order valence-corrected chi connectivity index (χ0v) is 10.3. The molecule has 88 valence electrons. The van der Waals surface area contributed by atoms with Crippen LogP contribution >= 0.6 is 11.6 Å². The summed E-state index contributed by atoms with van der Waals surface area (Å²) in [6.07, 6.45) is 3.58. The monoisotopic (exact) mass is 248 g/mol. The summed E-state index contributed by atoms with van der Waals surface area (Å²) in [5.41, 5.74) is 1.19. The fourth-order valence-corrected chi connectivity index (χ4v) is 1.64. The zero-order valence-electron chi connectivity index (χ0n) is 9.55. The molecule has 0 spiro atoms. The molecule has 0 atom stereocenters. The van der Waals surface area contributed by atoms with E-state index >= 15 is 0 Å². The summed E-state index contributed by atoms with van der Waals surface area (Å²) in [7, 11) is 0. The van der Waals surface area contributed by atoms with Gasteiger partial charge in [-0.05, 0) is 36.8 Å². The van der Waals surface area contributed by atoms with Gasteiger partial charge in [0.2, 0.25) is 0 Å². The van der Waals surface area contributed by atoms with Crippen molar-refractivity contribution in [3.8, 4) is 0 Å². The first kappa shape index (κ1) is 11.8. The molecule has 0 unspecified atom stereocenters. The molecule has 17 heavy (non-hydrogen) atoms. The summed E-state index contributed by atoms with van der Waals surface area (Å²) in [4.78, 5) is 6.12. The maximum atomic E-state index is 5.72. The van der Waals surface area contributed by atoms with Gasteiger partial charge in [-0.1, -0.05) is 11.6 Å². The molecule has 0 fully saturated rings. The Hall–Kier alpha value is -1.68. The van der Waals surface area contributed by atoms with Gasteiger partial charge in [-0.25, -0.2) is 0 Å². The molecule has 0 saturated heterocycles. The third kappa shape index (κ3) is 3.14. The van der Waals surface area contributed by atoms with Crippen LogP contribution in [0.2, 0.25) is 5.15 Å².